The molecule has 0 saturated heterocycles. The van der Waals surface area contributed by atoms with Crippen LogP contribution in [0.1, 0.15) is 12.5 Å². The molecule has 0 radical (unpaired) electrons. The molecule has 19 heavy (non-hydrogen) atoms. The Morgan fingerprint density at radius 3 is 2.53 bits per heavy atom. The molecule has 1 rings (SSSR count). The van der Waals surface area contributed by atoms with Crippen LogP contribution in [-0.4, -0.2) is 45.0 Å². The number of likely N-dealkylation sites (N-methyl/N-ethyl adjacent to an activating group) is 2. The van der Waals surface area contributed by atoms with E-state index in [9.17, 15) is 4.79 Å². The lowest BCUT2D eigenvalue weighted by Gasteiger charge is -2.24. The van der Waals surface area contributed by atoms with Gasteiger partial charge in [-0.1, -0.05) is 22.0 Å². The molecule has 0 unspecified atom stereocenters. The number of benzene rings is 1. The van der Waals surface area contributed by atoms with Crippen molar-refractivity contribution in [2.24, 2.45) is 0 Å². The largest absolute Gasteiger partial charge is 0.362 e. The monoisotopic (exact) mass is 327 g/mol. The summed E-state index contributed by atoms with van der Waals surface area (Å²) in [6.45, 7) is 4.08. The van der Waals surface area contributed by atoms with E-state index in [0.717, 1.165) is 23.2 Å². The highest BCUT2D eigenvalue weighted by Crippen LogP contribution is 2.24. The van der Waals surface area contributed by atoms with E-state index in [-0.39, 0.29) is 5.91 Å². The lowest BCUT2D eigenvalue weighted by molar-refractivity contribution is -0.127. The van der Waals surface area contributed by atoms with Crippen molar-refractivity contribution < 1.29 is 4.79 Å². The summed E-state index contributed by atoms with van der Waals surface area (Å²) in [6, 6.07) is 6.21. The van der Waals surface area contributed by atoms with Crippen molar-refractivity contribution in [1.29, 1.82) is 0 Å². The molecule has 106 valence electrons. The van der Waals surface area contributed by atoms with Crippen molar-refractivity contribution in [3.05, 3.63) is 28.2 Å². The zero-order chi connectivity index (χ0) is 14.4. The van der Waals surface area contributed by atoms with E-state index in [1.165, 1.54) is 5.56 Å². The van der Waals surface area contributed by atoms with E-state index in [1.54, 1.807) is 19.0 Å². The minimum atomic E-state index is 0.109. The number of amides is 1. The zero-order valence-electron chi connectivity index (χ0n) is 12.0. The molecular weight excluding hydrogens is 306 g/mol. The van der Waals surface area contributed by atoms with Crippen molar-refractivity contribution in [2.45, 2.75) is 13.5 Å². The lowest BCUT2D eigenvalue weighted by Crippen LogP contribution is -2.36. The number of halogens is 1. The van der Waals surface area contributed by atoms with Gasteiger partial charge in [0.1, 0.15) is 0 Å². The molecule has 4 nitrogen and oxygen atoms in total. The molecule has 1 aromatic rings. The topological polar surface area (TPSA) is 35.6 Å². The smallest absolute Gasteiger partial charge is 0.241 e. The van der Waals surface area contributed by atoms with Gasteiger partial charge in [-0.05, 0) is 31.7 Å². The number of carbonyl (C=O) groups is 1. The number of carbonyl (C=O) groups excluding carboxylic acids is 1. The van der Waals surface area contributed by atoms with Gasteiger partial charge in [-0.2, -0.15) is 0 Å². The summed E-state index contributed by atoms with van der Waals surface area (Å²) in [6.07, 6.45) is 0. The minimum Gasteiger partial charge on any atom is -0.362 e. The number of rotatable bonds is 6. The highest BCUT2D eigenvalue weighted by atomic mass is 79.9. The molecule has 0 aliphatic heterocycles. The number of hydrogen-bond donors (Lipinski definition) is 1. The number of nitrogens with zero attached hydrogens (tertiary/aromatic N) is 2. The first-order valence-corrected chi connectivity index (χ1v) is 7.17. The molecule has 1 aromatic carbocycles. The number of nitrogens with one attached hydrogen (secondary N) is 1. The second-order valence-electron chi connectivity index (χ2n) is 4.61. The standard InChI is InChI=1S/C14H22BrN3O/c1-5-18(10-14(19)17(3)4)12-7-6-11(9-16-2)13(15)8-12/h6-8,16H,5,9-10H2,1-4H3. The summed E-state index contributed by atoms with van der Waals surface area (Å²) < 4.78 is 1.06. The Labute approximate surface area is 123 Å². The van der Waals surface area contributed by atoms with Gasteiger partial charge in [0.2, 0.25) is 5.91 Å². The summed E-state index contributed by atoms with van der Waals surface area (Å²) in [5.74, 6) is 0.109. The molecule has 0 aromatic heterocycles. The van der Waals surface area contributed by atoms with Crippen LogP contribution < -0.4 is 10.2 Å². The van der Waals surface area contributed by atoms with Gasteiger partial charge in [-0.3, -0.25) is 4.79 Å². The molecule has 0 aliphatic carbocycles. The fraction of sp³-hybridized carbons (Fsp3) is 0.500. The Morgan fingerprint density at radius 2 is 2.05 bits per heavy atom. The Kier molecular flexibility index (Phi) is 6.31. The van der Waals surface area contributed by atoms with Gasteiger partial charge in [-0.15, -0.1) is 0 Å². The SMILES string of the molecule is CCN(CC(=O)N(C)C)c1ccc(CNC)c(Br)c1. The van der Waals surface area contributed by atoms with Crippen molar-refractivity contribution in [3.63, 3.8) is 0 Å². The van der Waals surface area contributed by atoms with Crippen LogP contribution in [0.5, 0.6) is 0 Å². The summed E-state index contributed by atoms with van der Waals surface area (Å²) in [4.78, 5) is 15.5. The van der Waals surface area contributed by atoms with Crippen LogP contribution in [0, 0.1) is 0 Å². The molecule has 5 heteroatoms. The Hall–Kier alpha value is -1.07. The molecule has 0 fully saturated rings. The van der Waals surface area contributed by atoms with Gasteiger partial charge in [-0.25, -0.2) is 0 Å². The molecule has 0 atom stereocenters. The molecule has 1 amide bonds. The molecule has 0 bridgehead atoms. The van der Waals surface area contributed by atoms with Gasteiger partial charge < -0.3 is 15.1 Å². The fourth-order valence-corrected chi connectivity index (χ4v) is 2.26. The molecular formula is C14H22BrN3O. The Balaban J connectivity index is 2.87. The first-order chi connectivity index (χ1) is 8.99. The van der Waals surface area contributed by atoms with Gasteiger partial charge in [0.15, 0.2) is 0 Å². The third-order valence-corrected chi connectivity index (χ3v) is 3.71. The quantitative estimate of drug-likeness (QED) is 0.869. The molecule has 1 N–H and O–H groups in total. The van der Waals surface area contributed by atoms with Crippen LogP contribution in [0.4, 0.5) is 5.69 Å². The first kappa shape index (κ1) is 16.0. The predicted octanol–water partition coefficient (Wildman–Crippen LogP) is 2.08. The maximum atomic E-state index is 11.8. The summed E-state index contributed by atoms with van der Waals surface area (Å²) in [7, 11) is 5.48. The normalized spacial score (nSPS) is 10.4. The van der Waals surface area contributed by atoms with Crippen LogP contribution in [0.3, 0.4) is 0 Å². The average molecular weight is 328 g/mol. The second-order valence-corrected chi connectivity index (χ2v) is 5.46. The average Bonchev–Trinajstić information content (AvgIpc) is 2.38. The van der Waals surface area contributed by atoms with Gasteiger partial charge in [0.25, 0.3) is 0 Å². The van der Waals surface area contributed by atoms with Crippen molar-refractivity contribution in [1.82, 2.24) is 10.2 Å². The van der Waals surface area contributed by atoms with Crippen molar-refractivity contribution in [3.8, 4) is 0 Å². The van der Waals surface area contributed by atoms with Crippen LogP contribution >= 0.6 is 15.9 Å². The van der Waals surface area contributed by atoms with Gasteiger partial charge >= 0.3 is 0 Å². The number of hydrogen-bond acceptors (Lipinski definition) is 3. The Bertz CT molecular complexity index is 435. The molecule has 0 spiro atoms. The van der Waals surface area contributed by atoms with E-state index >= 15 is 0 Å². The lowest BCUT2D eigenvalue weighted by atomic mass is 10.2. The number of anilines is 1. The highest BCUT2D eigenvalue weighted by molar-refractivity contribution is 9.10. The van der Waals surface area contributed by atoms with Crippen LogP contribution in [0.2, 0.25) is 0 Å². The summed E-state index contributed by atoms with van der Waals surface area (Å²) in [5.41, 5.74) is 2.27. The van der Waals surface area contributed by atoms with E-state index in [4.69, 9.17) is 0 Å². The van der Waals surface area contributed by atoms with E-state index < -0.39 is 0 Å². The molecule has 0 saturated carbocycles. The second kappa shape index (κ2) is 7.50. The van der Waals surface area contributed by atoms with E-state index in [1.807, 2.05) is 7.05 Å². The molecule has 0 heterocycles. The first-order valence-electron chi connectivity index (χ1n) is 6.37. The maximum Gasteiger partial charge on any atom is 0.241 e. The minimum absolute atomic E-state index is 0.109. The third kappa shape index (κ3) is 4.51. The van der Waals surface area contributed by atoms with Gasteiger partial charge in [0.05, 0.1) is 6.54 Å². The zero-order valence-corrected chi connectivity index (χ0v) is 13.6. The molecule has 0 aliphatic rings. The predicted molar refractivity (Wildman–Crippen MR) is 83.5 cm³/mol. The van der Waals surface area contributed by atoms with Gasteiger partial charge in [0, 0.05) is 37.3 Å². The van der Waals surface area contributed by atoms with Crippen molar-refractivity contribution >= 4 is 27.5 Å². The van der Waals surface area contributed by atoms with E-state index in [2.05, 4.69) is 51.3 Å². The Morgan fingerprint density at radius 1 is 1.37 bits per heavy atom. The van der Waals surface area contributed by atoms with Crippen molar-refractivity contribution in [2.75, 3.05) is 39.1 Å². The highest BCUT2D eigenvalue weighted by Gasteiger charge is 2.12. The van der Waals surface area contributed by atoms with Crippen LogP contribution in [-0.2, 0) is 11.3 Å². The van der Waals surface area contributed by atoms with E-state index in [0.29, 0.717) is 6.54 Å². The van der Waals surface area contributed by atoms with Crippen LogP contribution in [0.15, 0.2) is 22.7 Å². The summed E-state index contributed by atoms with van der Waals surface area (Å²) in [5, 5.41) is 3.13. The fourth-order valence-electron chi connectivity index (χ4n) is 1.76. The van der Waals surface area contributed by atoms with Crippen LogP contribution in [0.25, 0.3) is 0 Å². The third-order valence-electron chi connectivity index (χ3n) is 2.98. The maximum absolute atomic E-state index is 11.8. The summed E-state index contributed by atoms with van der Waals surface area (Å²) >= 11 is 3.58.